The van der Waals surface area contributed by atoms with Crippen LogP contribution in [0.1, 0.15) is 70.5 Å². The Morgan fingerprint density at radius 3 is 2.74 bits per heavy atom. The van der Waals surface area contributed by atoms with Gasteiger partial charge in [-0.05, 0) is 24.7 Å². The highest BCUT2D eigenvalue weighted by Crippen LogP contribution is 2.27. The molecule has 1 atom stereocenters. The predicted octanol–water partition coefficient (Wildman–Crippen LogP) is 3.90. The van der Waals surface area contributed by atoms with E-state index in [1.54, 1.807) is 0 Å². The number of nitrogens with two attached hydrogens (primary N) is 1. The summed E-state index contributed by atoms with van der Waals surface area (Å²) in [5, 5.41) is 0. The number of nitrogens with zero attached hydrogens (tertiary/aromatic N) is 2. The molecule has 0 aromatic carbocycles. The summed E-state index contributed by atoms with van der Waals surface area (Å²) < 4.78 is 2.28. The van der Waals surface area contributed by atoms with Gasteiger partial charge in [0.1, 0.15) is 0 Å². The van der Waals surface area contributed by atoms with Crippen molar-refractivity contribution in [3.05, 3.63) is 18.2 Å². The molecular formula is C16H29N3. The highest BCUT2D eigenvalue weighted by Gasteiger charge is 2.16. The smallest absolute Gasteiger partial charge is 0.0948 e. The van der Waals surface area contributed by atoms with E-state index >= 15 is 0 Å². The van der Waals surface area contributed by atoms with Gasteiger partial charge in [-0.2, -0.15) is 0 Å². The number of hydrogen-bond donors (Lipinski definition) is 1. The maximum absolute atomic E-state index is 6.29. The van der Waals surface area contributed by atoms with E-state index in [-0.39, 0.29) is 6.04 Å². The van der Waals surface area contributed by atoms with Crippen LogP contribution in [0.4, 0.5) is 0 Å². The van der Waals surface area contributed by atoms with Gasteiger partial charge in [0.05, 0.1) is 12.0 Å². The largest absolute Gasteiger partial charge is 0.333 e. The molecular weight excluding hydrogens is 234 g/mol. The summed E-state index contributed by atoms with van der Waals surface area (Å²) in [6.45, 7) is 5.54. The average Bonchev–Trinajstić information content (AvgIpc) is 2.85. The quantitative estimate of drug-likeness (QED) is 0.846. The lowest BCUT2D eigenvalue weighted by atomic mass is 9.87. The van der Waals surface area contributed by atoms with Crippen molar-refractivity contribution >= 4 is 0 Å². The molecule has 2 N–H and O–H groups in total. The molecule has 1 unspecified atom stereocenters. The van der Waals surface area contributed by atoms with Crippen molar-refractivity contribution in [2.45, 2.75) is 71.4 Å². The van der Waals surface area contributed by atoms with Crippen LogP contribution in [0.3, 0.4) is 0 Å². The van der Waals surface area contributed by atoms with E-state index in [0.717, 1.165) is 18.9 Å². The second kappa shape index (κ2) is 7.09. The normalized spacial score (nSPS) is 18.9. The van der Waals surface area contributed by atoms with E-state index < -0.39 is 0 Å². The van der Waals surface area contributed by atoms with Crippen LogP contribution >= 0.6 is 0 Å². The molecule has 0 aliphatic heterocycles. The molecule has 3 heteroatoms. The van der Waals surface area contributed by atoms with Gasteiger partial charge in [-0.15, -0.1) is 0 Å². The molecule has 1 fully saturated rings. The zero-order valence-electron chi connectivity index (χ0n) is 12.5. The molecule has 0 bridgehead atoms. The summed E-state index contributed by atoms with van der Waals surface area (Å²) in [7, 11) is 0. The van der Waals surface area contributed by atoms with Gasteiger partial charge < -0.3 is 10.3 Å². The summed E-state index contributed by atoms with van der Waals surface area (Å²) in [5.41, 5.74) is 7.50. The average molecular weight is 263 g/mol. The van der Waals surface area contributed by atoms with E-state index in [4.69, 9.17) is 5.73 Å². The molecule has 3 nitrogen and oxygen atoms in total. The van der Waals surface area contributed by atoms with Gasteiger partial charge in [-0.3, -0.25) is 0 Å². The van der Waals surface area contributed by atoms with Crippen molar-refractivity contribution in [2.75, 3.05) is 0 Å². The van der Waals surface area contributed by atoms with E-state index in [2.05, 4.69) is 23.4 Å². The number of aromatic nitrogens is 2. The number of imidazole rings is 1. The van der Waals surface area contributed by atoms with Crippen LogP contribution in [0.25, 0.3) is 0 Å². The summed E-state index contributed by atoms with van der Waals surface area (Å²) in [5.74, 6) is 1.56. The van der Waals surface area contributed by atoms with Crippen LogP contribution in [0.5, 0.6) is 0 Å². The molecule has 1 aromatic rings. The summed E-state index contributed by atoms with van der Waals surface area (Å²) >= 11 is 0. The zero-order chi connectivity index (χ0) is 13.7. The van der Waals surface area contributed by atoms with Gasteiger partial charge in [0.15, 0.2) is 0 Å². The van der Waals surface area contributed by atoms with Crippen LogP contribution in [0, 0.1) is 11.8 Å². The van der Waals surface area contributed by atoms with Gasteiger partial charge in [0, 0.05) is 18.8 Å². The Morgan fingerprint density at radius 1 is 1.32 bits per heavy atom. The number of aryl methyl sites for hydroxylation is 1. The monoisotopic (exact) mass is 263 g/mol. The highest BCUT2D eigenvalue weighted by molar-refractivity contribution is 5.04. The van der Waals surface area contributed by atoms with Crippen molar-refractivity contribution in [3.63, 3.8) is 0 Å². The molecule has 1 aliphatic rings. The molecule has 1 heterocycles. The first-order valence-corrected chi connectivity index (χ1v) is 7.92. The minimum absolute atomic E-state index is 0.133. The van der Waals surface area contributed by atoms with Crippen LogP contribution in [0.2, 0.25) is 0 Å². The Bertz CT molecular complexity index is 364. The first-order chi connectivity index (χ1) is 9.16. The van der Waals surface area contributed by atoms with E-state index in [1.165, 1.54) is 44.2 Å². The van der Waals surface area contributed by atoms with Crippen molar-refractivity contribution in [1.29, 1.82) is 0 Å². The number of hydrogen-bond acceptors (Lipinski definition) is 2. The van der Waals surface area contributed by atoms with Crippen molar-refractivity contribution < 1.29 is 0 Å². The molecule has 0 amide bonds. The third-order valence-corrected chi connectivity index (χ3v) is 4.35. The molecule has 1 aromatic heterocycles. The Kier molecular flexibility index (Phi) is 5.44. The Hall–Kier alpha value is -0.830. The van der Waals surface area contributed by atoms with Crippen molar-refractivity contribution in [1.82, 2.24) is 9.55 Å². The lowest BCUT2D eigenvalue weighted by molar-refractivity contribution is 0.321. The first-order valence-electron chi connectivity index (χ1n) is 7.92. The third-order valence-electron chi connectivity index (χ3n) is 4.35. The molecule has 0 saturated heterocycles. The van der Waals surface area contributed by atoms with Gasteiger partial charge in [0.25, 0.3) is 0 Å². The van der Waals surface area contributed by atoms with E-state index in [1.807, 2.05) is 12.5 Å². The van der Waals surface area contributed by atoms with Crippen LogP contribution in [0.15, 0.2) is 12.5 Å². The molecule has 1 aliphatic carbocycles. The zero-order valence-corrected chi connectivity index (χ0v) is 12.5. The molecule has 1 saturated carbocycles. The van der Waals surface area contributed by atoms with Gasteiger partial charge in [0.2, 0.25) is 0 Å². The molecule has 2 rings (SSSR count). The topological polar surface area (TPSA) is 43.8 Å². The maximum atomic E-state index is 6.29. The lowest BCUT2D eigenvalue weighted by Crippen LogP contribution is -2.18. The summed E-state index contributed by atoms with van der Waals surface area (Å²) in [4.78, 5) is 4.30. The molecule has 0 radical (unpaired) electrons. The van der Waals surface area contributed by atoms with E-state index in [9.17, 15) is 0 Å². The Labute approximate surface area is 117 Å². The standard InChI is InChI=1S/C16H29N3/c1-13(2)10-15(17)16-11-18-12-19(16)9-8-14-6-4-3-5-7-14/h11-15H,3-10,17H2,1-2H3. The fourth-order valence-corrected chi connectivity index (χ4v) is 3.25. The fraction of sp³-hybridized carbons (Fsp3) is 0.812. The minimum Gasteiger partial charge on any atom is -0.333 e. The SMILES string of the molecule is CC(C)CC(N)c1cncn1CCC1CCCCC1. The second-order valence-corrected chi connectivity index (χ2v) is 6.54. The summed E-state index contributed by atoms with van der Waals surface area (Å²) in [6.07, 6.45) is 13.4. The lowest BCUT2D eigenvalue weighted by Gasteiger charge is -2.23. The predicted molar refractivity (Wildman–Crippen MR) is 79.8 cm³/mol. The highest BCUT2D eigenvalue weighted by atomic mass is 15.1. The van der Waals surface area contributed by atoms with Crippen LogP contribution in [-0.2, 0) is 6.54 Å². The molecule has 19 heavy (non-hydrogen) atoms. The summed E-state index contributed by atoms with van der Waals surface area (Å²) in [6, 6.07) is 0.133. The van der Waals surface area contributed by atoms with E-state index in [0.29, 0.717) is 5.92 Å². The van der Waals surface area contributed by atoms with Gasteiger partial charge >= 0.3 is 0 Å². The van der Waals surface area contributed by atoms with Gasteiger partial charge in [-0.1, -0.05) is 46.0 Å². The Balaban J connectivity index is 1.87. The second-order valence-electron chi connectivity index (χ2n) is 6.54. The maximum Gasteiger partial charge on any atom is 0.0948 e. The molecule has 108 valence electrons. The first kappa shape index (κ1) is 14.6. The molecule has 0 spiro atoms. The van der Waals surface area contributed by atoms with Crippen molar-refractivity contribution in [3.8, 4) is 0 Å². The van der Waals surface area contributed by atoms with Gasteiger partial charge in [-0.25, -0.2) is 4.98 Å². The van der Waals surface area contributed by atoms with Crippen LogP contribution in [-0.4, -0.2) is 9.55 Å². The minimum atomic E-state index is 0.133. The Morgan fingerprint density at radius 2 is 2.05 bits per heavy atom. The number of rotatable bonds is 6. The third kappa shape index (κ3) is 4.34. The fourth-order valence-electron chi connectivity index (χ4n) is 3.25. The van der Waals surface area contributed by atoms with Crippen LogP contribution < -0.4 is 5.73 Å². The van der Waals surface area contributed by atoms with Crippen molar-refractivity contribution in [2.24, 2.45) is 17.6 Å².